The Morgan fingerprint density at radius 3 is 2.07 bits per heavy atom. The molecule has 0 fully saturated rings. The molecule has 0 spiro atoms. The number of rotatable bonds is 4. The second-order valence-corrected chi connectivity index (χ2v) is 6.97. The van der Waals surface area contributed by atoms with Gasteiger partial charge in [-0.25, -0.2) is 4.98 Å². The van der Waals surface area contributed by atoms with Crippen LogP contribution in [-0.4, -0.2) is 21.6 Å². The minimum Gasteiger partial charge on any atom is -0.384 e. The third-order valence-electron chi connectivity index (χ3n) is 4.11. The van der Waals surface area contributed by atoms with E-state index in [2.05, 4.69) is 16.0 Å². The molecule has 0 aliphatic carbocycles. The summed E-state index contributed by atoms with van der Waals surface area (Å²) in [7, 11) is 0. The average Bonchev–Trinajstić information content (AvgIpc) is 3.27. The van der Waals surface area contributed by atoms with E-state index in [0.717, 1.165) is 32.2 Å². The number of nitrogen functional groups attached to an aromatic ring is 2. The van der Waals surface area contributed by atoms with Crippen molar-refractivity contribution < 1.29 is 0 Å². The summed E-state index contributed by atoms with van der Waals surface area (Å²) in [6.07, 6.45) is 0. The quantitative estimate of drug-likeness (QED) is 0.242. The van der Waals surface area contributed by atoms with Crippen LogP contribution in [0.25, 0.3) is 32.2 Å². The maximum atomic E-state index is 7.55. The number of nitrogens with one attached hydrogen (secondary N) is 3. The molecule has 0 unspecified atom stereocenters. The molecule has 2 aromatic heterocycles. The number of fused-ring (bicyclic) bond motifs is 1. The van der Waals surface area contributed by atoms with Crippen molar-refractivity contribution in [1.29, 1.82) is 10.8 Å². The summed E-state index contributed by atoms with van der Waals surface area (Å²) in [6, 6.07) is 17.2. The van der Waals surface area contributed by atoms with Gasteiger partial charge in [0.2, 0.25) is 0 Å². The van der Waals surface area contributed by atoms with Crippen LogP contribution in [0.2, 0.25) is 0 Å². The van der Waals surface area contributed by atoms with Gasteiger partial charge >= 0.3 is 0 Å². The van der Waals surface area contributed by atoms with E-state index in [-0.39, 0.29) is 36.5 Å². The predicted octanol–water partition coefficient (Wildman–Crippen LogP) is 4.37. The number of halogens is 2. The number of hydrogen-bond acceptors (Lipinski definition) is 4. The molecule has 4 aromatic rings. The molecule has 0 bridgehead atoms. The predicted molar refractivity (Wildman–Crippen MR) is 121 cm³/mol. The number of hydrogen-bond donors (Lipinski definition) is 5. The van der Waals surface area contributed by atoms with Crippen LogP contribution in [0.3, 0.4) is 0 Å². The highest BCUT2D eigenvalue weighted by atomic mass is 35.5. The van der Waals surface area contributed by atoms with E-state index in [1.54, 1.807) is 17.4 Å². The van der Waals surface area contributed by atoms with Crippen LogP contribution in [0.4, 0.5) is 0 Å². The van der Waals surface area contributed by atoms with Crippen molar-refractivity contribution in [2.24, 2.45) is 11.5 Å². The largest absolute Gasteiger partial charge is 0.384 e. The molecule has 144 valence electrons. The molecule has 0 aliphatic heterocycles. The molecule has 0 amide bonds. The van der Waals surface area contributed by atoms with Gasteiger partial charge in [-0.1, -0.05) is 24.3 Å². The number of thiophene rings is 1. The van der Waals surface area contributed by atoms with E-state index in [1.807, 2.05) is 42.5 Å². The van der Waals surface area contributed by atoms with Gasteiger partial charge in [0.15, 0.2) is 0 Å². The molecule has 0 saturated carbocycles. The molecule has 0 radical (unpaired) electrons. The Bertz CT molecular complexity index is 1150. The van der Waals surface area contributed by atoms with E-state index in [9.17, 15) is 0 Å². The van der Waals surface area contributed by atoms with Crippen molar-refractivity contribution in [2.45, 2.75) is 0 Å². The van der Waals surface area contributed by atoms with Crippen molar-refractivity contribution in [3.63, 3.8) is 0 Å². The van der Waals surface area contributed by atoms with Gasteiger partial charge in [-0.15, -0.1) is 36.2 Å². The Hall–Kier alpha value is -2.87. The average molecular weight is 433 g/mol. The molecule has 9 heteroatoms. The summed E-state index contributed by atoms with van der Waals surface area (Å²) < 4.78 is 0. The van der Waals surface area contributed by atoms with Crippen molar-refractivity contribution >= 4 is 58.9 Å². The molecule has 28 heavy (non-hydrogen) atoms. The number of nitrogens with two attached hydrogens (primary N) is 2. The van der Waals surface area contributed by atoms with Crippen molar-refractivity contribution in [2.75, 3.05) is 0 Å². The highest BCUT2D eigenvalue weighted by molar-refractivity contribution is 7.18. The monoisotopic (exact) mass is 432 g/mol. The first-order valence-electron chi connectivity index (χ1n) is 7.90. The number of aromatic amines is 1. The van der Waals surface area contributed by atoms with Crippen LogP contribution < -0.4 is 11.5 Å². The smallest absolute Gasteiger partial charge is 0.148 e. The lowest BCUT2D eigenvalue weighted by atomic mass is 10.1. The van der Waals surface area contributed by atoms with Crippen molar-refractivity contribution in [3.8, 4) is 21.1 Å². The van der Waals surface area contributed by atoms with Crippen LogP contribution in [0.5, 0.6) is 0 Å². The SMILES string of the molecule is Cl.Cl.N=C(N)c1ccc(-c2ccc(-c3nc4ccc(C(=N)N)cc4[nH]3)s2)cc1. The Balaban J connectivity index is 0.00000140. The van der Waals surface area contributed by atoms with Crippen LogP contribution >= 0.6 is 36.2 Å². The fourth-order valence-electron chi connectivity index (χ4n) is 2.73. The standard InChI is InChI=1S/C19H16N6S.2ClH/c20-17(21)11-3-1-10(2-4-11)15-7-8-16(26-15)19-24-13-6-5-12(18(22)23)9-14(13)25-19;;/h1-9H,(H3,20,21)(H3,22,23)(H,24,25);2*1H. The van der Waals surface area contributed by atoms with Gasteiger partial charge in [-0.2, -0.15) is 0 Å². The second-order valence-electron chi connectivity index (χ2n) is 5.89. The van der Waals surface area contributed by atoms with Gasteiger partial charge < -0.3 is 16.5 Å². The first kappa shape index (κ1) is 21.4. The van der Waals surface area contributed by atoms with E-state index in [1.165, 1.54) is 0 Å². The van der Waals surface area contributed by atoms with E-state index in [0.29, 0.717) is 11.1 Å². The summed E-state index contributed by atoms with van der Waals surface area (Å²) in [5, 5.41) is 15.0. The minimum atomic E-state index is 0. The molecule has 2 heterocycles. The van der Waals surface area contributed by atoms with Gasteiger partial charge in [-0.3, -0.25) is 10.8 Å². The summed E-state index contributed by atoms with van der Waals surface area (Å²) in [4.78, 5) is 10.1. The maximum absolute atomic E-state index is 7.55. The van der Waals surface area contributed by atoms with Gasteiger partial charge in [-0.05, 0) is 35.9 Å². The topological polar surface area (TPSA) is 128 Å². The first-order valence-corrected chi connectivity index (χ1v) is 8.72. The van der Waals surface area contributed by atoms with Gasteiger partial charge in [0.1, 0.15) is 17.5 Å². The fraction of sp³-hybridized carbons (Fsp3) is 0. The van der Waals surface area contributed by atoms with Crippen molar-refractivity contribution in [1.82, 2.24) is 9.97 Å². The Labute approximate surface area is 177 Å². The number of H-pyrrole nitrogens is 1. The fourth-order valence-corrected chi connectivity index (χ4v) is 3.68. The molecule has 0 aliphatic rings. The Kier molecular flexibility index (Phi) is 6.45. The molecular formula is C19H18Cl2N6S. The van der Waals surface area contributed by atoms with Crippen LogP contribution in [0.15, 0.2) is 54.6 Å². The summed E-state index contributed by atoms with van der Waals surface area (Å²) in [5.74, 6) is 0.892. The third kappa shape index (κ3) is 4.01. The van der Waals surface area contributed by atoms with Gasteiger partial charge in [0, 0.05) is 16.0 Å². The number of imidazole rings is 1. The van der Waals surface area contributed by atoms with E-state index >= 15 is 0 Å². The summed E-state index contributed by atoms with van der Waals surface area (Å²) in [6.45, 7) is 0. The lowest BCUT2D eigenvalue weighted by Gasteiger charge is -2.00. The number of aromatic nitrogens is 2. The molecule has 0 atom stereocenters. The highest BCUT2D eigenvalue weighted by Crippen LogP contribution is 2.34. The molecule has 7 N–H and O–H groups in total. The Morgan fingerprint density at radius 2 is 1.43 bits per heavy atom. The molecule has 2 aromatic carbocycles. The lowest BCUT2D eigenvalue weighted by Crippen LogP contribution is -2.10. The number of amidine groups is 2. The number of nitrogens with zero attached hydrogens (tertiary/aromatic N) is 1. The van der Waals surface area contributed by atoms with Gasteiger partial charge in [0.25, 0.3) is 0 Å². The zero-order valence-electron chi connectivity index (χ0n) is 14.5. The normalized spacial score (nSPS) is 10.1. The molecule has 4 rings (SSSR count). The number of benzene rings is 2. The first-order chi connectivity index (χ1) is 12.5. The Morgan fingerprint density at radius 1 is 0.821 bits per heavy atom. The summed E-state index contributed by atoms with van der Waals surface area (Å²) in [5.41, 5.74) is 15.2. The third-order valence-corrected chi connectivity index (χ3v) is 5.25. The highest BCUT2D eigenvalue weighted by Gasteiger charge is 2.10. The zero-order valence-corrected chi connectivity index (χ0v) is 17.0. The maximum Gasteiger partial charge on any atom is 0.148 e. The lowest BCUT2D eigenvalue weighted by molar-refractivity contribution is 1.36. The van der Waals surface area contributed by atoms with E-state index in [4.69, 9.17) is 22.3 Å². The van der Waals surface area contributed by atoms with Crippen LogP contribution in [-0.2, 0) is 0 Å². The second kappa shape index (κ2) is 8.43. The molecular weight excluding hydrogens is 415 g/mol. The zero-order chi connectivity index (χ0) is 18.3. The van der Waals surface area contributed by atoms with Crippen LogP contribution in [0, 0.1) is 10.8 Å². The minimum absolute atomic E-state index is 0. The van der Waals surface area contributed by atoms with Crippen LogP contribution in [0.1, 0.15) is 11.1 Å². The summed E-state index contributed by atoms with van der Waals surface area (Å²) >= 11 is 1.63. The van der Waals surface area contributed by atoms with E-state index < -0.39 is 0 Å². The molecule has 0 saturated heterocycles. The molecule has 6 nitrogen and oxygen atoms in total. The van der Waals surface area contributed by atoms with Crippen molar-refractivity contribution in [3.05, 3.63) is 65.7 Å². The van der Waals surface area contributed by atoms with Gasteiger partial charge in [0.05, 0.1) is 15.9 Å².